The SMILES string of the molecule is CCN(C(=O)Cn1cc([N+](=O)[O-])ccc1=O)c1cccc(C)c1. The van der Waals surface area contributed by atoms with Gasteiger partial charge in [-0.05, 0) is 31.5 Å². The molecule has 120 valence electrons. The van der Waals surface area contributed by atoms with E-state index < -0.39 is 10.5 Å². The lowest BCUT2D eigenvalue weighted by molar-refractivity contribution is -0.385. The van der Waals surface area contributed by atoms with E-state index in [9.17, 15) is 19.7 Å². The van der Waals surface area contributed by atoms with Gasteiger partial charge in [0.25, 0.3) is 11.2 Å². The van der Waals surface area contributed by atoms with Crippen LogP contribution in [0, 0.1) is 17.0 Å². The molecule has 1 aromatic carbocycles. The van der Waals surface area contributed by atoms with E-state index in [1.54, 1.807) is 0 Å². The van der Waals surface area contributed by atoms with Crippen LogP contribution < -0.4 is 10.5 Å². The molecule has 0 saturated heterocycles. The normalized spacial score (nSPS) is 10.3. The molecule has 1 amide bonds. The lowest BCUT2D eigenvalue weighted by Gasteiger charge is -2.21. The zero-order chi connectivity index (χ0) is 17.0. The second kappa shape index (κ2) is 6.87. The molecule has 0 N–H and O–H groups in total. The molecule has 0 radical (unpaired) electrons. The van der Waals surface area contributed by atoms with Gasteiger partial charge in [-0.1, -0.05) is 12.1 Å². The Balaban J connectivity index is 2.28. The van der Waals surface area contributed by atoms with Crippen molar-refractivity contribution in [2.75, 3.05) is 11.4 Å². The molecule has 7 nitrogen and oxygen atoms in total. The Hall–Kier alpha value is -2.96. The van der Waals surface area contributed by atoms with E-state index in [2.05, 4.69) is 0 Å². The van der Waals surface area contributed by atoms with Gasteiger partial charge in [0, 0.05) is 24.4 Å². The van der Waals surface area contributed by atoms with Crippen molar-refractivity contribution in [3.8, 4) is 0 Å². The van der Waals surface area contributed by atoms with E-state index in [-0.39, 0.29) is 18.1 Å². The first-order valence-electron chi connectivity index (χ1n) is 7.14. The molecule has 7 heteroatoms. The summed E-state index contributed by atoms with van der Waals surface area (Å²) >= 11 is 0. The van der Waals surface area contributed by atoms with Crippen LogP contribution in [-0.2, 0) is 11.3 Å². The Morgan fingerprint density at radius 2 is 2.04 bits per heavy atom. The van der Waals surface area contributed by atoms with Gasteiger partial charge in [0.15, 0.2) is 0 Å². The standard InChI is InChI=1S/C16H17N3O4/c1-3-18(13-6-4-5-12(2)9-13)16(21)11-17-10-14(19(22)23)7-8-15(17)20/h4-10H,3,11H2,1-2H3. The summed E-state index contributed by atoms with van der Waals surface area (Å²) in [6, 6.07) is 9.67. The molecule has 2 rings (SSSR count). The number of nitro groups is 1. The fraction of sp³-hybridized carbons (Fsp3) is 0.250. The number of anilines is 1. The summed E-state index contributed by atoms with van der Waals surface area (Å²) in [5, 5.41) is 10.8. The van der Waals surface area contributed by atoms with Gasteiger partial charge in [0.2, 0.25) is 5.91 Å². The Morgan fingerprint density at radius 1 is 1.30 bits per heavy atom. The smallest absolute Gasteiger partial charge is 0.285 e. The molecule has 0 bridgehead atoms. The number of carbonyl (C=O) groups excluding carboxylic acids is 1. The number of carbonyl (C=O) groups is 1. The van der Waals surface area contributed by atoms with Crippen molar-refractivity contribution in [1.82, 2.24) is 4.57 Å². The molecule has 0 aliphatic rings. The van der Waals surface area contributed by atoms with Gasteiger partial charge in [-0.3, -0.25) is 24.3 Å². The molecular weight excluding hydrogens is 298 g/mol. The minimum Gasteiger partial charge on any atom is -0.311 e. The number of rotatable bonds is 5. The molecule has 0 aliphatic heterocycles. The van der Waals surface area contributed by atoms with Gasteiger partial charge >= 0.3 is 0 Å². The number of aryl methyl sites for hydroxylation is 1. The number of hydrogen-bond acceptors (Lipinski definition) is 4. The third kappa shape index (κ3) is 3.82. The summed E-state index contributed by atoms with van der Waals surface area (Å²) in [6.07, 6.45) is 1.09. The van der Waals surface area contributed by atoms with Crippen molar-refractivity contribution in [3.05, 3.63) is 68.6 Å². The molecule has 0 spiro atoms. The number of likely N-dealkylation sites (N-methyl/N-ethyl adjacent to an activating group) is 1. The quantitative estimate of drug-likeness (QED) is 0.625. The van der Waals surface area contributed by atoms with E-state index >= 15 is 0 Å². The van der Waals surface area contributed by atoms with E-state index in [0.717, 1.165) is 34.1 Å². The van der Waals surface area contributed by atoms with Crippen LogP contribution in [-0.4, -0.2) is 21.9 Å². The Kier molecular flexibility index (Phi) is 4.90. The van der Waals surface area contributed by atoms with Crippen molar-refractivity contribution in [3.63, 3.8) is 0 Å². The Morgan fingerprint density at radius 3 is 2.65 bits per heavy atom. The van der Waals surface area contributed by atoms with Crippen molar-refractivity contribution >= 4 is 17.3 Å². The van der Waals surface area contributed by atoms with Crippen LogP contribution in [0.3, 0.4) is 0 Å². The van der Waals surface area contributed by atoms with Crippen LogP contribution in [0.25, 0.3) is 0 Å². The largest absolute Gasteiger partial charge is 0.311 e. The Bertz CT molecular complexity index is 798. The van der Waals surface area contributed by atoms with Crippen molar-refractivity contribution in [2.24, 2.45) is 0 Å². The van der Waals surface area contributed by atoms with Gasteiger partial charge in [0.05, 0.1) is 11.1 Å². The highest BCUT2D eigenvalue weighted by Gasteiger charge is 2.16. The Labute approximate surface area is 132 Å². The molecule has 23 heavy (non-hydrogen) atoms. The average Bonchev–Trinajstić information content (AvgIpc) is 2.50. The molecular formula is C16H17N3O4. The predicted molar refractivity (Wildman–Crippen MR) is 86.6 cm³/mol. The van der Waals surface area contributed by atoms with Crippen molar-refractivity contribution in [2.45, 2.75) is 20.4 Å². The number of nitrogens with zero attached hydrogens (tertiary/aromatic N) is 3. The first-order valence-corrected chi connectivity index (χ1v) is 7.14. The van der Waals surface area contributed by atoms with Crippen LogP contribution in [0.1, 0.15) is 12.5 Å². The van der Waals surface area contributed by atoms with Gasteiger partial charge in [0.1, 0.15) is 6.54 Å². The minimum atomic E-state index is -0.599. The molecule has 0 aliphatic carbocycles. The van der Waals surface area contributed by atoms with E-state index in [1.165, 1.54) is 4.90 Å². The number of amides is 1. The summed E-state index contributed by atoms with van der Waals surface area (Å²) in [5.74, 6) is -0.305. The lowest BCUT2D eigenvalue weighted by Crippen LogP contribution is -2.36. The molecule has 0 atom stereocenters. The zero-order valence-electron chi connectivity index (χ0n) is 12.9. The summed E-state index contributed by atoms with van der Waals surface area (Å²) in [4.78, 5) is 36.0. The first kappa shape index (κ1) is 16.4. The molecule has 0 saturated carbocycles. The summed E-state index contributed by atoms with van der Waals surface area (Å²) in [6.45, 7) is 3.94. The highest BCUT2D eigenvalue weighted by molar-refractivity contribution is 5.93. The fourth-order valence-electron chi connectivity index (χ4n) is 2.28. The number of pyridine rings is 1. The zero-order valence-corrected chi connectivity index (χ0v) is 12.9. The lowest BCUT2D eigenvalue weighted by atomic mass is 10.2. The van der Waals surface area contributed by atoms with Crippen molar-refractivity contribution < 1.29 is 9.72 Å². The highest BCUT2D eigenvalue weighted by atomic mass is 16.6. The third-order valence-corrected chi connectivity index (χ3v) is 3.41. The molecule has 0 unspecified atom stereocenters. The van der Waals surface area contributed by atoms with Gasteiger partial charge in [-0.15, -0.1) is 0 Å². The maximum absolute atomic E-state index is 12.5. The summed E-state index contributed by atoms with van der Waals surface area (Å²) < 4.78 is 1.05. The van der Waals surface area contributed by atoms with Crippen LogP contribution in [0.5, 0.6) is 0 Å². The number of benzene rings is 1. The van der Waals surface area contributed by atoms with Crippen LogP contribution in [0.15, 0.2) is 47.4 Å². The summed E-state index contributed by atoms with van der Waals surface area (Å²) in [5.41, 5.74) is 1.07. The maximum atomic E-state index is 12.5. The predicted octanol–water partition coefficient (Wildman–Crippen LogP) is 2.12. The van der Waals surface area contributed by atoms with Gasteiger partial charge in [-0.2, -0.15) is 0 Å². The number of hydrogen-bond donors (Lipinski definition) is 0. The molecule has 1 aromatic heterocycles. The maximum Gasteiger partial charge on any atom is 0.285 e. The average molecular weight is 315 g/mol. The molecule has 0 fully saturated rings. The fourth-order valence-corrected chi connectivity index (χ4v) is 2.28. The van der Waals surface area contributed by atoms with Gasteiger partial charge < -0.3 is 4.90 Å². The first-order chi connectivity index (χ1) is 10.9. The second-order valence-corrected chi connectivity index (χ2v) is 5.09. The molecule has 2 aromatic rings. The van der Waals surface area contributed by atoms with Crippen LogP contribution >= 0.6 is 0 Å². The third-order valence-electron chi connectivity index (χ3n) is 3.41. The number of aromatic nitrogens is 1. The molecule has 1 heterocycles. The van der Waals surface area contributed by atoms with E-state index in [1.807, 2.05) is 38.1 Å². The summed E-state index contributed by atoms with van der Waals surface area (Å²) in [7, 11) is 0. The van der Waals surface area contributed by atoms with E-state index in [4.69, 9.17) is 0 Å². The second-order valence-electron chi connectivity index (χ2n) is 5.09. The van der Waals surface area contributed by atoms with E-state index in [0.29, 0.717) is 6.54 Å². The van der Waals surface area contributed by atoms with Gasteiger partial charge in [-0.25, -0.2) is 0 Å². The van der Waals surface area contributed by atoms with Crippen molar-refractivity contribution in [1.29, 1.82) is 0 Å². The van der Waals surface area contributed by atoms with Crippen LogP contribution in [0.2, 0.25) is 0 Å². The monoisotopic (exact) mass is 315 g/mol. The minimum absolute atomic E-state index is 0.226. The topological polar surface area (TPSA) is 85.4 Å². The highest BCUT2D eigenvalue weighted by Crippen LogP contribution is 2.16. The van der Waals surface area contributed by atoms with Crippen LogP contribution in [0.4, 0.5) is 11.4 Å².